The first-order valence-electron chi connectivity index (χ1n) is 5.31. The number of carboxylic acid groups (broad SMARTS) is 1. The lowest BCUT2D eigenvalue weighted by Crippen LogP contribution is -2.04. The van der Waals surface area contributed by atoms with Gasteiger partial charge in [-0.2, -0.15) is 0 Å². The van der Waals surface area contributed by atoms with Crippen molar-refractivity contribution in [1.82, 2.24) is 0 Å². The number of nitrogen functional groups attached to an aromatic ring is 1. The second-order valence-electron chi connectivity index (χ2n) is 3.84. The number of benzene rings is 2. The van der Waals surface area contributed by atoms with E-state index in [9.17, 15) is 9.59 Å². The number of rotatable bonds is 3. The van der Waals surface area contributed by atoms with Crippen LogP contribution in [0.25, 0.3) is 0 Å². The lowest BCUT2D eigenvalue weighted by atomic mass is 10.0. The molecule has 0 spiro atoms. The van der Waals surface area contributed by atoms with Crippen LogP contribution in [-0.4, -0.2) is 16.9 Å². The van der Waals surface area contributed by atoms with E-state index in [-0.39, 0.29) is 11.3 Å². The third kappa shape index (κ3) is 2.38. The van der Waals surface area contributed by atoms with Gasteiger partial charge in [0.15, 0.2) is 5.78 Å². The van der Waals surface area contributed by atoms with Crippen molar-refractivity contribution in [2.75, 3.05) is 5.73 Å². The van der Waals surface area contributed by atoms with E-state index in [1.54, 1.807) is 36.4 Å². The first-order valence-corrected chi connectivity index (χ1v) is 5.31. The number of anilines is 1. The third-order valence-electron chi connectivity index (χ3n) is 2.54. The molecular formula is C14H11NO3. The minimum absolute atomic E-state index is 0.0938. The number of carbonyl (C=O) groups excluding carboxylic acids is 1. The minimum Gasteiger partial charge on any atom is -0.478 e. The van der Waals surface area contributed by atoms with Crippen LogP contribution in [0.4, 0.5) is 5.69 Å². The zero-order valence-corrected chi connectivity index (χ0v) is 9.46. The molecule has 0 unspecified atom stereocenters. The zero-order chi connectivity index (χ0) is 13.1. The van der Waals surface area contributed by atoms with E-state index in [0.717, 1.165) is 0 Å². The number of hydrogen-bond donors (Lipinski definition) is 2. The van der Waals surface area contributed by atoms with E-state index < -0.39 is 5.97 Å². The van der Waals surface area contributed by atoms with E-state index in [0.29, 0.717) is 16.8 Å². The van der Waals surface area contributed by atoms with Crippen molar-refractivity contribution in [1.29, 1.82) is 0 Å². The van der Waals surface area contributed by atoms with Gasteiger partial charge in [-0.25, -0.2) is 4.79 Å². The minimum atomic E-state index is -1.05. The molecule has 90 valence electrons. The Balaban J connectivity index is 2.37. The van der Waals surface area contributed by atoms with Crippen molar-refractivity contribution in [3.63, 3.8) is 0 Å². The van der Waals surface area contributed by atoms with Gasteiger partial charge in [-0.05, 0) is 36.4 Å². The van der Waals surface area contributed by atoms with E-state index >= 15 is 0 Å². The normalized spacial score (nSPS) is 10.0. The molecule has 0 saturated heterocycles. The fourth-order valence-electron chi connectivity index (χ4n) is 1.59. The highest BCUT2D eigenvalue weighted by atomic mass is 16.4. The predicted octanol–water partition coefficient (Wildman–Crippen LogP) is 2.20. The van der Waals surface area contributed by atoms with Crippen LogP contribution < -0.4 is 5.73 Å². The van der Waals surface area contributed by atoms with Crippen LogP contribution in [0.3, 0.4) is 0 Å². The second-order valence-corrected chi connectivity index (χ2v) is 3.84. The topological polar surface area (TPSA) is 80.4 Å². The number of ketones is 1. The summed E-state index contributed by atoms with van der Waals surface area (Å²) < 4.78 is 0. The summed E-state index contributed by atoms with van der Waals surface area (Å²) in [6, 6.07) is 12.4. The number of hydrogen-bond acceptors (Lipinski definition) is 3. The maximum absolute atomic E-state index is 12.1. The average molecular weight is 241 g/mol. The molecule has 0 aliphatic carbocycles. The highest BCUT2D eigenvalue weighted by molar-refractivity contribution is 6.10. The molecule has 0 saturated carbocycles. The van der Waals surface area contributed by atoms with E-state index in [2.05, 4.69) is 0 Å². The molecule has 2 aromatic carbocycles. The summed E-state index contributed by atoms with van der Waals surface area (Å²) >= 11 is 0. The molecule has 2 rings (SSSR count). The monoisotopic (exact) mass is 241 g/mol. The first-order chi connectivity index (χ1) is 8.58. The average Bonchev–Trinajstić information content (AvgIpc) is 2.39. The van der Waals surface area contributed by atoms with Gasteiger partial charge in [0.25, 0.3) is 0 Å². The molecule has 4 nitrogen and oxygen atoms in total. The van der Waals surface area contributed by atoms with Gasteiger partial charge in [0.1, 0.15) is 0 Å². The number of carboxylic acids is 1. The van der Waals surface area contributed by atoms with Gasteiger partial charge < -0.3 is 10.8 Å². The Hall–Kier alpha value is -2.62. The molecule has 0 aromatic heterocycles. The number of carbonyl (C=O) groups is 2. The standard InChI is InChI=1S/C14H11NO3/c15-12-6-4-9(5-7-12)13(16)10-2-1-3-11(8-10)14(17)18/h1-8H,15H2,(H,17,18). The molecule has 0 aliphatic heterocycles. The van der Waals surface area contributed by atoms with Gasteiger partial charge >= 0.3 is 5.97 Å². The number of aromatic carboxylic acids is 1. The molecule has 3 N–H and O–H groups in total. The Kier molecular flexibility index (Phi) is 3.10. The van der Waals surface area contributed by atoms with Crippen molar-refractivity contribution in [2.45, 2.75) is 0 Å². The molecule has 0 fully saturated rings. The van der Waals surface area contributed by atoms with Crippen molar-refractivity contribution >= 4 is 17.4 Å². The Morgan fingerprint density at radius 2 is 1.50 bits per heavy atom. The lowest BCUT2D eigenvalue weighted by molar-refractivity contribution is 0.0697. The molecule has 0 radical (unpaired) electrons. The van der Waals surface area contributed by atoms with Crippen molar-refractivity contribution in [3.05, 3.63) is 65.2 Å². The fraction of sp³-hybridized carbons (Fsp3) is 0. The SMILES string of the molecule is Nc1ccc(C(=O)c2cccc(C(=O)O)c2)cc1. The summed E-state index contributed by atoms with van der Waals surface area (Å²) in [5, 5.41) is 8.87. The van der Waals surface area contributed by atoms with Crippen LogP contribution in [0, 0.1) is 0 Å². The first kappa shape index (κ1) is 11.9. The molecule has 0 bridgehead atoms. The molecular weight excluding hydrogens is 230 g/mol. The Morgan fingerprint density at radius 3 is 2.11 bits per heavy atom. The highest BCUT2D eigenvalue weighted by Crippen LogP contribution is 2.13. The molecule has 0 atom stereocenters. The summed E-state index contributed by atoms with van der Waals surface area (Å²) in [6.45, 7) is 0. The Bertz CT molecular complexity index is 603. The molecule has 4 heteroatoms. The zero-order valence-electron chi connectivity index (χ0n) is 9.46. The smallest absolute Gasteiger partial charge is 0.335 e. The van der Waals surface area contributed by atoms with E-state index in [1.165, 1.54) is 12.1 Å². The predicted molar refractivity (Wildman–Crippen MR) is 67.7 cm³/mol. The van der Waals surface area contributed by atoms with Crippen LogP contribution in [0.5, 0.6) is 0 Å². The summed E-state index contributed by atoms with van der Waals surface area (Å²) in [6.07, 6.45) is 0. The molecule has 0 heterocycles. The Labute approximate surface area is 104 Å². The highest BCUT2D eigenvalue weighted by Gasteiger charge is 2.11. The fourth-order valence-corrected chi connectivity index (χ4v) is 1.59. The Morgan fingerprint density at radius 1 is 0.889 bits per heavy atom. The maximum Gasteiger partial charge on any atom is 0.335 e. The largest absolute Gasteiger partial charge is 0.478 e. The van der Waals surface area contributed by atoms with Gasteiger partial charge in [0.05, 0.1) is 5.56 Å². The third-order valence-corrected chi connectivity index (χ3v) is 2.54. The van der Waals surface area contributed by atoms with Gasteiger partial charge in [-0.15, -0.1) is 0 Å². The van der Waals surface area contributed by atoms with Crippen LogP contribution in [0.1, 0.15) is 26.3 Å². The maximum atomic E-state index is 12.1. The molecule has 18 heavy (non-hydrogen) atoms. The van der Waals surface area contributed by atoms with Crippen LogP contribution in [-0.2, 0) is 0 Å². The van der Waals surface area contributed by atoms with Gasteiger partial charge in [-0.3, -0.25) is 4.79 Å². The van der Waals surface area contributed by atoms with Crippen molar-refractivity contribution in [2.24, 2.45) is 0 Å². The van der Waals surface area contributed by atoms with E-state index in [1.807, 2.05) is 0 Å². The van der Waals surface area contributed by atoms with Gasteiger partial charge in [-0.1, -0.05) is 12.1 Å². The molecule has 0 amide bonds. The quantitative estimate of drug-likeness (QED) is 0.637. The van der Waals surface area contributed by atoms with Crippen LogP contribution in [0.15, 0.2) is 48.5 Å². The lowest BCUT2D eigenvalue weighted by Gasteiger charge is -2.03. The van der Waals surface area contributed by atoms with Crippen LogP contribution in [0.2, 0.25) is 0 Å². The van der Waals surface area contributed by atoms with Crippen molar-refractivity contribution in [3.8, 4) is 0 Å². The summed E-state index contributed by atoms with van der Waals surface area (Å²) in [5.41, 5.74) is 7.03. The second kappa shape index (κ2) is 4.71. The molecule has 0 aliphatic rings. The van der Waals surface area contributed by atoms with Crippen molar-refractivity contribution < 1.29 is 14.7 Å². The number of nitrogens with two attached hydrogens (primary N) is 1. The van der Waals surface area contributed by atoms with Gasteiger partial charge in [0, 0.05) is 16.8 Å². The van der Waals surface area contributed by atoms with Gasteiger partial charge in [0.2, 0.25) is 0 Å². The molecule has 2 aromatic rings. The van der Waals surface area contributed by atoms with Crippen LogP contribution >= 0.6 is 0 Å². The summed E-state index contributed by atoms with van der Waals surface area (Å²) in [4.78, 5) is 22.9. The van der Waals surface area contributed by atoms with E-state index in [4.69, 9.17) is 10.8 Å². The summed E-state index contributed by atoms with van der Waals surface area (Å²) in [5.74, 6) is -1.28. The summed E-state index contributed by atoms with van der Waals surface area (Å²) in [7, 11) is 0.